The smallest absolute Gasteiger partial charge is 0.0726 e. The molecule has 48 valence electrons. The molecule has 0 atom stereocenters. The van der Waals surface area contributed by atoms with E-state index in [1.54, 1.807) is 0 Å². The minimum atomic E-state index is 0. The van der Waals surface area contributed by atoms with Crippen molar-refractivity contribution in [3.05, 3.63) is 0 Å². The molecule has 1 nitrogen and oxygen atoms in total. The second-order valence-corrected chi connectivity index (χ2v) is 1.11. The van der Waals surface area contributed by atoms with E-state index in [-0.39, 0.29) is 24.8 Å². The van der Waals surface area contributed by atoms with E-state index < -0.39 is 0 Å². The number of hydrogen-bond acceptors (Lipinski definition) is 0. The van der Waals surface area contributed by atoms with Crippen LogP contribution < -0.4 is 30.1 Å². The minimum absolute atomic E-state index is 0. The molecule has 3 heteroatoms. The molecule has 0 rings (SSSR count). The minimum Gasteiger partial charge on any atom is -1.00 e. The number of hydrogen-bond donors (Lipinski definition) is 1. The Bertz CT molecular complexity index is 17.2. The van der Waals surface area contributed by atoms with Crippen LogP contribution in [0.5, 0.6) is 0 Å². The molecule has 0 saturated heterocycles. The molecule has 0 aromatic rings. The number of rotatable bonds is 2. The zero-order valence-electron chi connectivity index (χ0n) is 4.75. The van der Waals surface area contributed by atoms with Crippen molar-refractivity contribution in [1.82, 2.24) is 0 Å². The molecule has 2 N–H and O–H groups in total. The summed E-state index contributed by atoms with van der Waals surface area (Å²) in [5.41, 5.74) is 0. The van der Waals surface area contributed by atoms with Crippen LogP contribution in [-0.2, 0) is 0 Å². The molecular formula is C4H12Cl2N-. The largest absolute Gasteiger partial charge is 1.00 e. The quantitative estimate of drug-likeness (QED) is 0.398. The van der Waals surface area contributed by atoms with Crippen LogP contribution in [0.15, 0.2) is 0 Å². The monoisotopic (exact) mass is 144 g/mol. The molecule has 0 aliphatic heterocycles. The van der Waals surface area contributed by atoms with Gasteiger partial charge in [0.05, 0.1) is 13.1 Å². The molecule has 0 aliphatic rings. The highest BCUT2D eigenvalue weighted by Crippen LogP contribution is 1.29. The highest BCUT2D eigenvalue weighted by atomic mass is 35.5. The summed E-state index contributed by atoms with van der Waals surface area (Å²) in [5.74, 6) is 0. The van der Waals surface area contributed by atoms with Crippen LogP contribution in [0.4, 0.5) is 0 Å². The molecule has 0 spiro atoms. The average molecular weight is 145 g/mol. The SMILES string of the molecule is CC[NH2+]CC.[Cl-].[Cl-]. The first-order chi connectivity index (χ1) is 2.41. The second kappa shape index (κ2) is 16.0. The Morgan fingerprint density at radius 1 is 1.00 bits per heavy atom. The fourth-order valence-corrected chi connectivity index (χ4v) is 0.289. The summed E-state index contributed by atoms with van der Waals surface area (Å²) in [4.78, 5) is 0. The fourth-order valence-electron chi connectivity index (χ4n) is 0.289. The van der Waals surface area contributed by atoms with Crippen LogP contribution in [0.2, 0.25) is 0 Å². The van der Waals surface area contributed by atoms with Crippen molar-refractivity contribution in [1.29, 1.82) is 0 Å². The molecular weight excluding hydrogens is 133 g/mol. The zero-order chi connectivity index (χ0) is 4.12. The lowest BCUT2D eigenvalue weighted by Gasteiger charge is -1.83. The van der Waals surface area contributed by atoms with Crippen LogP contribution in [0, 0.1) is 0 Å². The normalized spacial score (nSPS) is 6.00. The molecule has 0 bridgehead atoms. The summed E-state index contributed by atoms with van der Waals surface area (Å²) in [7, 11) is 0. The van der Waals surface area contributed by atoms with Gasteiger partial charge in [-0.25, -0.2) is 0 Å². The molecule has 0 aliphatic carbocycles. The molecule has 0 aromatic carbocycles. The Hall–Kier alpha value is 0.540. The highest BCUT2D eigenvalue weighted by molar-refractivity contribution is 3.95. The van der Waals surface area contributed by atoms with E-state index in [0.717, 1.165) is 0 Å². The van der Waals surface area contributed by atoms with E-state index in [4.69, 9.17) is 0 Å². The van der Waals surface area contributed by atoms with E-state index in [9.17, 15) is 0 Å². The van der Waals surface area contributed by atoms with Crippen LogP contribution in [0.25, 0.3) is 0 Å². The Kier molecular flexibility index (Phi) is 35.8. The second-order valence-electron chi connectivity index (χ2n) is 1.11. The van der Waals surface area contributed by atoms with E-state index >= 15 is 0 Å². The van der Waals surface area contributed by atoms with Gasteiger partial charge in [-0.1, -0.05) is 0 Å². The van der Waals surface area contributed by atoms with Gasteiger partial charge < -0.3 is 30.1 Å². The number of halogens is 2. The molecule has 0 aromatic heterocycles. The molecule has 0 radical (unpaired) electrons. The predicted molar refractivity (Wildman–Crippen MR) is 23.0 cm³/mol. The van der Waals surface area contributed by atoms with Crippen LogP contribution in [0.1, 0.15) is 13.8 Å². The van der Waals surface area contributed by atoms with Crippen molar-refractivity contribution < 1.29 is 30.1 Å². The maximum atomic E-state index is 2.25. The molecule has 0 unspecified atom stereocenters. The van der Waals surface area contributed by atoms with Crippen molar-refractivity contribution >= 4 is 0 Å². The van der Waals surface area contributed by atoms with Gasteiger partial charge in [0, 0.05) is 0 Å². The van der Waals surface area contributed by atoms with Crippen LogP contribution >= 0.6 is 0 Å². The first kappa shape index (κ1) is 15.6. The Balaban J connectivity index is -0.0000000800. The third kappa shape index (κ3) is 20.9. The van der Waals surface area contributed by atoms with Gasteiger partial charge in [0.15, 0.2) is 0 Å². The number of nitrogens with two attached hydrogens (primary N) is 1. The van der Waals surface area contributed by atoms with Gasteiger partial charge >= 0.3 is 0 Å². The number of quaternary nitrogens is 1. The lowest BCUT2D eigenvalue weighted by molar-refractivity contribution is -0.648. The molecule has 0 fully saturated rings. The Labute approximate surface area is 57.7 Å². The van der Waals surface area contributed by atoms with Gasteiger partial charge in [-0.2, -0.15) is 0 Å². The van der Waals surface area contributed by atoms with Gasteiger partial charge in [0.1, 0.15) is 0 Å². The van der Waals surface area contributed by atoms with Crippen molar-refractivity contribution in [3.8, 4) is 0 Å². The van der Waals surface area contributed by atoms with Gasteiger partial charge in [-0.05, 0) is 13.8 Å². The lowest BCUT2D eigenvalue weighted by atomic mass is 10.7. The maximum absolute atomic E-state index is 2.25. The van der Waals surface area contributed by atoms with Crippen molar-refractivity contribution in [2.75, 3.05) is 13.1 Å². The van der Waals surface area contributed by atoms with Gasteiger partial charge in [0.25, 0.3) is 0 Å². The molecule has 0 saturated carbocycles. The zero-order valence-corrected chi connectivity index (χ0v) is 6.26. The first-order valence-electron chi connectivity index (χ1n) is 2.23. The van der Waals surface area contributed by atoms with Crippen molar-refractivity contribution in [2.24, 2.45) is 0 Å². The first-order valence-corrected chi connectivity index (χ1v) is 2.23. The molecule has 7 heavy (non-hydrogen) atoms. The van der Waals surface area contributed by atoms with Gasteiger partial charge in [-0.3, -0.25) is 0 Å². The summed E-state index contributed by atoms with van der Waals surface area (Å²) >= 11 is 0. The molecule has 0 heterocycles. The summed E-state index contributed by atoms with van der Waals surface area (Å²) in [6, 6.07) is 0. The summed E-state index contributed by atoms with van der Waals surface area (Å²) in [6.45, 7) is 6.75. The summed E-state index contributed by atoms with van der Waals surface area (Å²) in [6.07, 6.45) is 0. The van der Waals surface area contributed by atoms with Gasteiger partial charge in [-0.15, -0.1) is 0 Å². The standard InChI is InChI=1S/C4H11N.2ClH/c1-3-5-4-2;;/h5H,3-4H2,1-2H3;2*1H/p-1. The van der Waals surface area contributed by atoms with E-state index in [2.05, 4.69) is 19.2 Å². The fraction of sp³-hybridized carbons (Fsp3) is 1.00. The van der Waals surface area contributed by atoms with E-state index in [1.807, 2.05) is 0 Å². The Morgan fingerprint density at radius 2 is 1.29 bits per heavy atom. The predicted octanol–water partition coefficient (Wildman–Crippen LogP) is -6.40. The summed E-state index contributed by atoms with van der Waals surface area (Å²) < 4.78 is 0. The molecule has 0 amide bonds. The van der Waals surface area contributed by atoms with Crippen molar-refractivity contribution in [2.45, 2.75) is 13.8 Å². The van der Waals surface area contributed by atoms with Crippen LogP contribution in [0.3, 0.4) is 0 Å². The van der Waals surface area contributed by atoms with Crippen molar-refractivity contribution in [3.63, 3.8) is 0 Å². The third-order valence-corrected chi connectivity index (χ3v) is 0.577. The summed E-state index contributed by atoms with van der Waals surface area (Å²) in [5, 5.41) is 2.25. The van der Waals surface area contributed by atoms with Crippen LogP contribution in [-0.4, -0.2) is 13.1 Å². The maximum Gasteiger partial charge on any atom is 0.0726 e. The van der Waals surface area contributed by atoms with E-state index in [0.29, 0.717) is 0 Å². The van der Waals surface area contributed by atoms with Gasteiger partial charge in [0.2, 0.25) is 0 Å². The highest BCUT2D eigenvalue weighted by Gasteiger charge is 1.67. The average Bonchev–Trinajstić information content (AvgIpc) is 1.41. The Morgan fingerprint density at radius 3 is 1.29 bits per heavy atom. The van der Waals surface area contributed by atoms with E-state index in [1.165, 1.54) is 13.1 Å². The topological polar surface area (TPSA) is 16.6 Å². The lowest BCUT2D eigenvalue weighted by Crippen LogP contribution is -3.00. The third-order valence-electron chi connectivity index (χ3n) is 0.577.